The lowest BCUT2D eigenvalue weighted by molar-refractivity contribution is 0.113. The van der Waals surface area contributed by atoms with E-state index in [1.165, 1.54) is 16.8 Å². The molecule has 0 radical (unpaired) electrons. The van der Waals surface area contributed by atoms with Gasteiger partial charge in [-0.2, -0.15) is 0 Å². The topological polar surface area (TPSA) is 65.1 Å². The summed E-state index contributed by atoms with van der Waals surface area (Å²) in [5, 5.41) is 0. The molecule has 1 fully saturated rings. The second-order valence-corrected chi connectivity index (χ2v) is 11.0. The van der Waals surface area contributed by atoms with Crippen LogP contribution in [0, 0.1) is 6.92 Å². The Morgan fingerprint density at radius 2 is 1.79 bits per heavy atom. The fourth-order valence-electron chi connectivity index (χ4n) is 4.89. The van der Waals surface area contributed by atoms with Gasteiger partial charge in [-0.1, -0.05) is 12.1 Å². The van der Waals surface area contributed by atoms with E-state index in [0.717, 1.165) is 51.1 Å². The molecule has 4 rings (SSSR count). The molecule has 1 saturated heterocycles. The molecule has 1 atom stereocenters. The van der Waals surface area contributed by atoms with Crippen molar-refractivity contribution in [3.8, 4) is 5.75 Å². The highest BCUT2D eigenvalue weighted by Gasteiger charge is 2.27. The highest BCUT2D eigenvalue weighted by Crippen LogP contribution is 2.31. The first-order valence-corrected chi connectivity index (χ1v) is 13.2. The Morgan fingerprint density at radius 3 is 2.48 bits per heavy atom. The number of likely N-dealkylation sites (N-methyl/N-ethyl adjacent to an activating group) is 1. The van der Waals surface area contributed by atoms with Gasteiger partial charge in [-0.3, -0.25) is 4.90 Å². The first-order valence-electron chi connectivity index (χ1n) is 11.7. The minimum atomic E-state index is -3.64. The average Bonchev–Trinajstić information content (AvgIpc) is 2.80. The van der Waals surface area contributed by atoms with Crippen LogP contribution >= 0.6 is 0 Å². The summed E-state index contributed by atoms with van der Waals surface area (Å²) in [7, 11) is 2.23. The van der Waals surface area contributed by atoms with Gasteiger partial charge in [-0.15, -0.1) is 0 Å². The number of aryl methyl sites for hydroxylation is 2. The van der Waals surface area contributed by atoms with Gasteiger partial charge in [-0.05, 0) is 67.8 Å². The van der Waals surface area contributed by atoms with Crippen LogP contribution in [0.5, 0.6) is 5.75 Å². The van der Waals surface area contributed by atoms with E-state index in [0.29, 0.717) is 12.3 Å². The smallest absolute Gasteiger partial charge is 0.240 e. The summed E-state index contributed by atoms with van der Waals surface area (Å²) in [4.78, 5) is 7.31. The first kappa shape index (κ1) is 24.0. The molecular weight excluding hydrogens is 436 g/mol. The fraction of sp³-hybridized carbons (Fsp3) is 0.520. The molecule has 33 heavy (non-hydrogen) atoms. The van der Waals surface area contributed by atoms with Crippen molar-refractivity contribution in [2.45, 2.75) is 30.7 Å². The number of benzene rings is 2. The van der Waals surface area contributed by atoms with E-state index < -0.39 is 10.0 Å². The zero-order chi connectivity index (χ0) is 23.6. The molecular formula is C25H36N4O3S. The maximum Gasteiger partial charge on any atom is 0.240 e. The Balaban J connectivity index is 1.58. The van der Waals surface area contributed by atoms with Crippen molar-refractivity contribution in [3.63, 3.8) is 0 Å². The summed E-state index contributed by atoms with van der Waals surface area (Å²) < 4.78 is 34.5. The number of hydrogen-bond acceptors (Lipinski definition) is 6. The molecule has 0 aromatic heterocycles. The van der Waals surface area contributed by atoms with Crippen LogP contribution < -0.4 is 14.4 Å². The van der Waals surface area contributed by atoms with Crippen LogP contribution in [0.3, 0.4) is 0 Å². The Kier molecular flexibility index (Phi) is 7.28. The predicted octanol–water partition coefficient (Wildman–Crippen LogP) is 2.65. The quantitative estimate of drug-likeness (QED) is 0.669. The van der Waals surface area contributed by atoms with Crippen molar-refractivity contribution in [2.75, 3.05) is 65.4 Å². The predicted molar refractivity (Wildman–Crippen MR) is 133 cm³/mol. The molecule has 0 bridgehead atoms. The van der Waals surface area contributed by atoms with E-state index in [-0.39, 0.29) is 10.9 Å². The minimum absolute atomic E-state index is 0.00893. The normalized spacial score (nSPS) is 18.7. The number of methoxy groups -OCH3 is 1. The summed E-state index contributed by atoms with van der Waals surface area (Å²) in [6, 6.07) is 11.6. The third-order valence-electron chi connectivity index (χ3n) is 6.96. The highest BCUT2D eigenvalue weighted by atomic mass is 32.2. The van der Waals surface area contributed by atoms with Gasteiger partial charge in [0.25, 0.3) is 0 Å². The molecule has 2 aromatic carbocycles. The molecule has 0 aliphatic carbocycles. The van der Waals surface area contributed by atoms with Gasteiger partial charge in [0.1, 0.15) is 5.75 Å². The Morgan fingerprint density at radius 1 is 1.03 bits per heavy atom. The van der Waals surface area contributed by atoms with Crippen LogP contribution in [-0.4, -0.2) is 78.7 Å². The summed E-state index contributed by atoms with van der Waals surface area (Å²) >= 11 is 0. The second kappa shape index (κ2) is 10.0. The van der Waals surface area contributed by atoms with Crippen molar-refractivity contribution >= 4 is 15.7 Å². The lowest BCUT2D eigenvalue weighted by Gasteiger charge is -2.39. The van der Waals surface area contributed by atoms with Gasteiger partial charge in [0.2, 0.25) is 10.0 Å². The summed E-state index contributed by atoms with van der Waals surface area (Å²) in [5.41, 5.74) is 4.63. The van der Waals surface area contributed by atoms with Crippen LogP contribution in [0.4, 0.5) is 5.69 Å². The maximum absolute atomic E-state index is 13.1. The van der Waals surface area contributed by atoms with Gasteiger partial charge < -0.3 is 14.5 Å². The van der Waals surface area contributed by atoms with Gasteiger partial charge >= 0.3 is 0 Å². The molecule has 0 amide bonds. The Bertz CT molecular complexity index is 1080. The number of nitrogens with zero attached hydrogens (tertiary/aromatic N) is 3. The standard InChI is InChI=1S/C25H36N4O3S/c1-19-16-22(8-10-25(19)32-4)33(30,31)26-18-24(29-14-12-27(2)13-15-29)21-7-9-23-20(17-21)6-5-11-28(23)3/h7-10,16-17,24,26H,5-6,11-15,18H2,1-4H3/t24-/m0/s1. The second-order valence-electron chi connectivity index (χ2n) is 9.25. The molecule has 8 heteroatoms. The number of nitrogens with one attached hydrogen (secondary N) is 1. The number of hydrogen-bond donors (Lipinski definition) is 1. The first-order chi connectivity index (χ1) is 15.8. The van der Waals surface area contributed by atoms with Crippen LogP contribution in [-0.2, 0) is 16.4 Å². The molecule has 7 nitrogen and oxygen atoms in total. The molecule has 0 spiro atoms. The molecule has 1 N–H and O–H groups in total. The lowest BCUT2D eigenvalue weighted by Crippen LogP contribution is -2.48. The molecule has 2 aliphatic rings. The maximum atomic E-state index is 13.1. The molecule has 2 aromatic rings. The number of sulfonamides is 1. The van der Waals surface area contributed by atoms with Crippen LogP contribution in [0.25, 0.3) is 0 Å². The van der Waals surface area contributed by atoms with Crippen LogP contribution in [0.2, 0.25) is 0 Å². The van der Waals surface area contributed by atoms with Crippen molar-refractivity contribution in [3.05, 3.63) is 53.1 Å². The summed E-state index contributed by atoms with van der Waals surface area (Å²) in [6.45, 7) is 7.07. The number of anilines is 1. The van der Waals surface area contributed by atoms with E-state index in [1.807, 2.05) is 6.92 Å². The van der Waals surface area contributed by atoms with Crippen molar-refractivity contribution in [2.24, 2.45) is 0 Å². The number of piperazine rings is 1. The fourth-order valence-corrected chi connectivity index (χ4v) is 6.02. The third-order valence-corrected chi connectivity index (χ3v) is 8.38. The largest absolute Gasteiger partial charge is 0.496 e. The van der Waals surface area contributed by atoms with Gasteiger partial charge in [-0.25, -0.2) is 13.1 Å². The highest BCUT2D eigenvalue weighted by molar-refractivity contribution is 7.89. The minimum Gasteiger partial charge on any atom is -0.496 e. The van der Waals surface area contributed by atoms with Crippen LogP contribution in [0.15, 0.2) is 41.3 Å². The average molecular weight is 473 g/mol. The van der Waals surface area contributed by atoms with Crippen LogP contribution in [0.1, 0.15) is 29.2 Å². The van der Waals surface area contributed by atoms with E-state index in [9.17, 15) is 8.42 Å². The number of rotatable bonds is 7. The zero-order valence-electron chi connectivity index (χ0n) is 20.2. The van der Waals surface area contributed by atoms with E-state index in [4.69, 9.17) is 4.74 Å². The van der Waals surface area contributed by atoms with E-state index >= 15 is 0 Å². The summed E-state index contributed by atoms with van der Waals surface area (Å²) in [5.74, 6) is 0.684. The van der Waals surface area contributed by atoms with Crippen molar-refractivity contribution in [1.29, 1.82) is 0 Å². The zero-order valence-corrected chi connectivity index (χ0v) is 21.0. The monoisotopic (exact) mass is 472 g/mol. The third kappa shape index (κ3) is 5.35. The van der Waals surface area contributed by atoms with Crippen molar-refractivity contribution in [1.82, 2.24) is 14.5 Å². The summed E-state index contributed by atoms with van der Waals surface area (Å²) in [6.07, 6.45) is 2.22. The van der Waals surface area contributed by atoms with E-state index in [2.05, 4.69) is 51.7 Å². The Hall–Kier alpha value is -2.13. The van der Waals surface area contributed by atoms with Gasteiger partial charge in [0.15, 0.2) is 0 Å². The SMILES string of the molecule is COc1ccc(S(=O)(=O)NC[C@@H](c2ccc3c(c2)CCCN3C)N2CCN(C)CC2)cc1C. The molecule has 0 unspecified atom stereocenters. The molecule has 0 saturated carbocycles. The molecule has 2 heterocycles. The number of fused-ring (bicyclic) bond motifs is 1. The molecule has 2 aliphatic heterocycles. The van der Waals surface area contributed by atoms with Gasteiger partial charge in [0.05, 0.1) is 12.0 Å². The Labute approximate surface area is 198 Å². The van der Waals surface area contributed by atoms with Gasteiger partial charge in [0, 0.05) is 58.0 Å². The lowest BCUT2D eigenvalue weighted by atomic mass is 9.95. The molecule has 180 valence electrons. The number of ether oxygens (including phenoxy) is 1. The van der Waals surface area contributed by atoms with E-state index in [1.54, 1.807) is 25.3 Å². The van der Waals surface area contributed by atoms with Crippen molar-refractivity contribution < 1.29 is 13.2 Å².